The van der Waals surface area contributed by atoms with Crippen molar-refractivity contribution in [2.24, 2.45) is 0 Å². The van der Waals surface area contributed by atoms with E-state index in [2.05, 4.69) is 40.8 Å². The average Bonchev–Trinajstić information content (AvgIpc) is 2.46. The van der Waals surface area contributed by atoms with E-state index >= 15 is 0 Å². The van der Waals surface area contributed by atoms with Crippen LogP contribution in [0.25, 0.3) is 22.3 Å². The van der Waals surface area contributed by atoms with Gasteiger partial charge in [0.1, 0.15) is 5.15 Å². The number of fused-ring (bicyclic) bond motifs is 1. The molecule has 2 aromatic carbocycles. The zero-order valence-corrected chi connectivity index (χ0v) is 14.4. The molecule has 2 nitrogen and oxygen atoms in total. The lowest BCUT2D eigenvalue weighted by Gasteiger charge is -2.11. The first-order chi connectivity index (χ1) is 9.99. The first-order valence-corrected chi connectivity index (χ1v) is 7.85. The smallest absolute Gasteiger partial charge is 0.161 e. The molecule has 1 aromatic heterocycles. The second-order valence-electron chi connectivity index (χ2n) is 5.15. The fourth-order valence-corrected chi connectivity index (χ4v) is 2.94. The van der Waals surface area contributed by atoms with Crippen molar-refractivity contribution in [1.82, 2.24) is 9.97 Å². The van der Waals surface area contributed by atoms with Gasteiger partial charge in [-0.15, -0.1) is 0 Å². The van der Waals surface area contributed by atoms with Crippen LogP contribution in [0.5, 0.6) is 0 Å². The van der Waals surface area contributed by atoms with Crippen LogP contribution in [0.4, 0.5) is 0 Å². The van der Waals surface area contributed by atoms with Crippen LogP contribution >= 0.6 is 27.5 Å². The quantitative estimate of drug-likeness (QED) is 0.524. The lowest BCUT2D eigenvalue weighted by atomic mass is 10.0. The molecule has 4 heteroatoms. The topological polar surface area (TPSA) is 25.8 Å². The standard InChI is InChI=1S/C17H14BrClN2/c1-9-5-4-6-12(10(9)2)17-20-15-11(3)14(18)8-7-13(15)16(19)21-17/h4-8H,1-3H3. The van der Waals surface area contributed by atoms with Gasteiger partial charge in [0.25, 0.3) is 0 Å². The Kier molecular flexibility index (Phi) is 3.72. The van der Waals surface area contributed by atoms with E-state index in [0.29, 0.717) is 11.0 Å². The third-order valence-corrected chi connectivity index (χ3v) is 5.00. The zero-order chi connectivity index (χ0) is 15.1. The fourth-order valence-electron chi connectivity index (χ4n) is 2.38. The Balaban J connectivity index is 2.35. The molecule has 0 radical (unpaired) electrons. The molecule has 0 aliphatic rings. The minimum Gasteiger partial charge on any atom is -0.228 e. The van der Waals surface area contributed by atoms with Crippen molar-refractivity contribution in [3.8, 4) is 11.4 Å². The number of halogens is 2. The maximum absolute atomic E-state index is 6.36. The van der Waals surface area contributed by atoms with Crippen LogP contribution in [0.15, 0.2) is 34.8 Å². The Morgan fingerprint density at radius 1 is 0.952 bits per heavy atom. The zero-order valence-electron chi connectivity index (χ0n) is 12.0. The fraction of sp³-hybridized carbons (Fsp3) is 0.176. The molecule has 0 amide bonds. The molecular weight excluding hydrogens is 348 g/mol. The van der Waals surface area contributed by atoms with Crippen LogP contribution < -0.4 is 0 Å². The normalized spacial score (nSPS) is 11.1. The molecule has 0 fully saturated rings. The number of aromatic nitrogens is 2. The SMILES string of the molecule is Cc1cccc(-c2nc(Cl)c3ccc(Br)c(C)c3n2)c1C. The minimum atomic E-state index is 0.492. The first kappa shape index (κ1) is 14.5. The van der Waals surface area contributed by atoms with Crippen molar-refractivity contribution in [2.75, 3.05) is 0 Å². The maximum atomic E-state index is 6.36. The summed E-state index contributed by atoms with van der Waals surface area (Å²) in [5.41, 5.74) is 5.39. The number of rotatable bonds is 1. The van der Waals surface area contributed by atoms with Gasteiger partial charge in [0.15, 0.2) is 5.82 Å². The van der Waals surface area contributed by atoms with Gasteiger partial charge in [-0.3, -0.25) is 0 Å². The molecule has 106 valence electrons. The molecule has 21 heavy (non-hydrogen) atoms. The van der Waals surface area contributed by atoms with Crippen LogP contribution in [0.2, 0.25) is 5.15 Å². The summed E-state index contributed by atoms with van der Waals surface area (Å²) in [5, 5.41) is 1.37. The van der Waals surface area contributed by atoms with E-state index < -0.39 is 0 Å². The summed E-state index contributed by atoms with van der Waals surface area (Å²) in [6.45, 7) is 6.20. The molecule has 3 rings (SSSR count). The van der Waals surface area contributed by atoms with Crippen LogP contribution in [-0.2, 0) is 0 Å². The van der Waals surface area contributed by atoms with Gasteiger partial charge in [-0.05, 0) is 49.6 Å². The minimum absolute atomic E-state index is 0.492. The van der Waals surface area contributed by atoms with Gasteiger partial charge in [0.2, 0.25) is 0 Å². The van der Waals surface area contributed by atoms with Gasteiger partial charge in [-0.25, -0.2) is 9.97 Å². The predicted molar refractivity (Wildman–Crippen MR) is 91.9 cm³/mol. The molecular formula is C17H14BrClN2. The highest BCUT2D eigenvalue weighted by atomic mass is 79.9. The highest BCUT2D eigenvalue weighted by molar-refractivity contribution is 9.10. The van der Waals surface area contributed by atoms with Crippen molar-refractivity contribution >= 4 is 38.4 Å². The van der Waals surface area contributed by atoms with Crippen LogP contribution in [0, 0.1) is 20.8 Å². The summed E-state index contributed by atoms with van der Waals surface area (Å²) in [6, 6.07) is 10.1. The largest absolute Gasteiger partial charge is 0.228 e. The van der Waals surface area contributed by atoms with E-state index in [-0.39, 0.29) is 0 Å². The van der Waals surface area contributed by atoms with Crippen LogP contribution in [0.1, 0.15) is 16.7 Å². The van der Waals surface area contributed by atoms with Crippen molar-refractivity contribution in [3.63, 3.8) is 0 Å². The molecule has 0 aliphatic carbocycles. The highest BCUT2D eigenvalue weighted by Crippen LogP contribution is 2.31. The molecule has 3 aromatic rings. The number of benzene rings is 2. The predicted octanol–water partition coefficient (Wildman–Crippen LogP) is 5.64. The van der Waals surface area contributed by atoms with Crippen molar-refractivity contribution in [3.05, 3.63) is 56.6 Å². The van der Waals surface area contributed by atoms with E-state index in [9.17, 15) is 0 Å². The van der Waals surface area contributed by atoms with Gasteiger partial charge in [0, 0.05) is 15.4 Å². The van der Waals surface area contributed by atoms with Crippen molar-refractivity contribution < 1.29 is 0 Å². The molecule has 0 bridgehead atoms. The monoisotopic (exact) mass is 360 g/mol. The molecule has 0 atom stereocenters. The number of hydrogen-bond donors (Lipinski definition) is 0. The number of hydrogen-bond acceptors (Lipinski definition) is 2. The molecule has 0 aliphatic heterocycles. The van der Waals surface area contributed by atoms with E-state index in [0.717, 1.165) is 26.5 Å². The molecule has 0 spiro atoms. The van der Waals surface area contributed by atoms with Gasteiger partial charge in [0.05, 0.1) is 5.52 Å². The molecule has 0 saturated carbocycles. The second kappa shape index (κ2) is 5.39. The van der Waals surface area contributed by atoms with Gasteiger partial charge in [-0.1, -0.05) is 45.7 Å². The maximum Gasteiger partial charge on any atom is 0.161 e. The lowest BCUT2D eigenvalue weighted by Crippen LogP contribution is -1.96. The van der Waals surface area contributed by atoms with Crippen LogP contribution in [-0.4, -0.2) is 9.97 Å². The lowest BCUT2D eigenvalue weighted by molar-refractivity contribution is 1.19. The molecule has 0 N–H and O–H groups in total. The Morgan fingerprint density at radius 2 is 1.71 bits per heavy atom. The van der Waals surface area contributed by atoms with E-state index in [4.69, 9.17) is 16.6 Å². The second-order valence-corrected chi connectivity index (χ2v) is 6.37. The van der Waals surface area contributed by atoms with Gasteiger partial charge in [-0.2, -0.15) is 0 Å². The van der Waals surface area contributed by atoms with Gasteiger partial charge < -0.3 is 0 Å². The summed E-state index contributed by atoms with van der Waals surface area (Å²) in [7, 11) is 0. The third kappa shape index (κ3) is 2.45. The number of nitrogens with zero attached hydrogens (tertiary/aromatic N) is 2. The third-order valence-electron chi connectivity index (χ3n) is 3.85. The van der Waals surface area contributed by atoms with E-state index in [1.54, 1.807) is 0 Å². The number of aryl methyl sites for hydroxylation is 2. The highest BCUT2D eigenvalue weighted by Gasteiger charge is 2.13. The molecule has 0 unspecified atom stereocenters. The summed E-state index contributed by atoms with van der Waals surface area (Å²) in [4.78, 5) is 9.23. The van der Waals surface area contributed by atoms with Gasteiger partial charge >= 0.3 is 0 Å². The Morgan fingerprint density at radius 3 is 2.48 bits per heavy atom. The average molecular weight is 362 g/mol. The summed E-state index contributed by atoms with van der Waals surface area (Å²) in [6.07, 6.45) is 0. The Hall–Kier alpha value is -1.45. The Bertz CT molecular complexity index is 859. The molecule has 0 saturated heterocycles. The van der Waals surface area contributed by atoms with Crippen molar-refractivity contribution in [1.29, 1.82) is 0 Å². The summed E-state index contributed by atoms with van der Waals surface area (Å²) >= 11 is 9.91. The van der Waals surface area contributed by atoms with Crippen molar-refractivity contribution in [2.45, 2.75) is 20.8 Å². The first-order valence-electron chi connectivity index (χ1n) is 6.68. The summed E-state index contributed by atoms with van der Waals surface area (Å²) in [5.74, 6) is 0.676. The van der Waals surface area contributed by atoms with Crippen LogP contribution in [0.3, 0.4) is 0 Å². The van der Waals surface area contributed by atoms with E-state index in [1.807, 2.05) is 31.2 Å². The summed E-state index contributed by atoms with van der Waals surface area (Å²) < 4.78 is 1.02. The van der Waals surface area contributed by atoms with E-state index in [1.165, 1.54) is 11.1 Å². The molecule has 1 heterocycles. The Labute approximate surface area is 137 Å².